The van der Waals surface area contributed by atoms with Crippen LogP contribution in [0.4, 0.5) is 13.2 Å². The largest absolute Gasteiger partial charge is 0.493 e. The number of carbonyl (C=O) groups is 1. The number of fused-ring (bicyclic) bond motifs is 1. The Labute approximate surface area is 283 Å². The molecule has 0 N–H and O–H groups in total. The maximum atomic E-state index is 14.3. The van der Waals surface area contributed by atoms with Crippen LogP contribution in [0.15, 0.2) is 75.7 Å². The predicted octanol–water partition coefficient (Wildman–Crippen LogP) is 7.54. The van der Waals surface area contributed by atoms with Crippen LogP contribution in [0.5, 0.6) is 11.5 Å². The van der Waals surface area contributed by atoms with Gasteiger partial charge in [0.25, 0.3) is 5.56 Å². The number of ether oxygens (including phenoxy) is 3. The molecule has 240 valence electrons. The molecule has 7 nitrogen and oxygen atoms in total. The highest BCUT2D eigenvalue weighted by Gasteiger charge is 2.45. The summed E-state index contributed by atoms with van der Waals surface area (Å²) in [6, 6.07) is 12.2. The van der Waals surface area contributed by atoms with Gasteiger partial charge < -0.3 is 14.2 Å². The summed E-state index contributed by atoms with van der Waals surface area (Å²) in [5.41, 5.74) is -1.74. The van der Waals surface area contributed by atoms with Gasteiger partial charge in [-0.05, 0) is 60.5 Å². The standard InChI is InChI=1S/C31H21Cl4F3N2O5S/c1-3-44-29(42)24-25(16-4-7-18(32)8-5-16)40-28(41)23(46-30(40)39-27(24)31(36,37)38)12-15-10-21(35)26(22(11-15)43-2)45-14-17-6-9-19(33)13-20(17)34/h4-13,25H,3,14H2,1-2H3/b23-12-/t25-/m0/s1. The summed E-state index contributed by atoms with van der Waals surface area (Å²) in [5, 5.41) is 1.30. The Kier molecular flexibility index (Phi) is 10.1. The zero-order valence-electron chi connectivity index (χ0n) is 23.8. The van der Waals surface area contributed by atoms with Crippen molar-refractivity contribution in [3.8, 4) is 11.5 Å². The molecule has 0 radical (unpaired) electrons. The number of aromatic nitrogens is 1. The summed E-state index contributed by atoms with van der Waals surface area (Å²) in [4.78, 5) is 30.3. The van der Waals surface area contributed by atoms with E-state index in [1.807, 2.05) is 0 Å². The Bertz CT molecular complexity index is 2040. The number of esters is 1. The molecule has 0 fully saturated rings. The Morgan fingerprint density at radius 3 is 2.35 bits per heavy atom. The molecule has 0 saturated carbocycles. The van der Waals surface area contributed by atoms with E-state index in [-0.39, 0.29) is 44.6 Å². The van der Waals surface area contributed by atoms with Crippen molar-refractivity contribution in [2.45, 2.75) is 25.7 Å². The quantitative estimate of drug-likeness (QED) is 0.175. The van der Waals surface area contributed by atoms with E-state index in [1.165, 1.54) is 50.4 Å². The van der Waals surface area contributed by atoms with Crippen LogP contribution in [-0.2, 0) is 16.1 Å². The fourth-order valence-electron chi connectivity index (χ4n) is 4.70. The van der Waals surface area contributed by atoms with Crippen molar-refractivity contribution in [3.05, 3.63) is 122 Å². The van der Waals surface area contributed by atoms with Crippen molar-refractivity contribution >= 4 is 69.8 Å². The summed E-state index contributed by atoms with van der Waals surface area (Å²) >= 11 is 25.5. The Morgan fingerprint density at radius 2 is 1.72 bits per heavy atom. The summed E-state index contributed by atoms with van der Waals surface area (Å²) in [7, 11) is 1.40. The minimum atomic E-state index is -5.03. The number of allylic oxidation sites excluding steroid dienone is 1. The predicted molar refractivity (Wildman–Crippen MR) is 171 cm³/mol. The third-order valence-corrected chi connectivity index (χ3v) is 8.82. The first kappa shape index (κ1) is 33.9. The normalized spacial score (nSPS) is 15.0. The van der Waals surface area contributed by atoms with Crippen LogP contribution in [0.25, 0.3) is 6.08 Å². The second kappa shape index (κ2) is 13.7. The van der Waals surface area contributed by atoms with Gasteiger partial charge in [0, 0.05) is 20.6 Å². The number of halogens is 7. The smallest absolute Gasteiger partial charge is 0.434 e. The number of benzene rings is 3. The fraction of sp³-hybridized carbons (Fsp3) is 0.194. The maximum absolute atomic E-state index is 14.3. The molecule has 1 aliphatic heterocycles. The van der Waals surface area contributed by atoms with Crippen molar-refractivity contribution < 1.29 is 32.2 Å². The number of alkyl halides is 3. The molecule has 0 aliphatic carbocycles. The van der Waals surface area contributed by atoms with Crippen molar-refractivity contribution in [1.82, 2.24) is 4.57 Å². The van der Waals surface area contributed by atoms with Crippen molar-refractivity contribution in [1.29, 1.82) is 0 Å². The zero-order valence-corrected chi connectivity index (χ0v) is 27.6. The number of hydrogen-bond acceptors (Lipinski definition) is 7. The van der Waals surface area contributed by atoms with Gasteiger partial charge in [0.1, 0.15) is 6.61 Å². The molecule has 2 heterocycles. The number of hydrogen-bond donors (Lipinski definition) is 0. The lowest BCUT2D eigenvalue weighted by Crippen LogP contribution is -2.41. The van der Waals surface area contributed by atoms with Crippen molar-refractivity contribution in [3.63, 3.8) is 0 Å². The third kappa shape index (κ3) is 6.94. The lowest BCUT2D eigenvalue weighted by atomic mass is 9.95. The molecule has 0 bridgehead atoms. The minimum Gasteiger partial charge on any atom is -0.493 e. The Morgan fingerprint density at radius 1 is 1.02 bits per heavy atom. The molecular formula is C31H21Cl4F3N2O5S. The van der Waals surface area contributed by atoms with Gasteiger partial charge in [0.15, 0.2) is 22.0 Å². The average Bonchev–Trinajstić information content (AvgIpc) is 3.30. The molecule has 1 aromatic heterocycles. The van der Waals surface area contributed by atoms with Crippen LogP contribution in [0.3, 0.4) is 0 Å². The van der Waals surface area contributed by atoms with E-state index in [0.717, 1.165) is 4.57 Å². The second-order valence-electron chi connectivity index (χ2n) is 9.67. The van der Waals surface area contributed by atoms with Crippen molar-refractivity contribution in [2.24, 2.45) is 4.99 Å². The molecular weight excluding hydrogens is 711 g/mol. The van der Waals surface area contributed by atoms with E-state index >= 15 is 0 Å². The van der Waals surface area contributed by atoms with Crippen LogP contribution < -0.4 is 24.4 Å². The van der Waals surface area contributed by atoms with E-state index in [2.05, 4.69) is 4.99 Å². The fourth-order valence-corrected chi connectivity index (χ4v) is 6.57. The molecule has 4 aromatic rings. The Balaban J connectivity index is 1.63. The summed E-state index contributed by atoms with van der Waals surface area (Å²) in [5.74, 6) is -0.829. The molecule has 15 heteroatoms. The molecule has 0 saturated heterocycles. The van der Waals surface area contributed by atoms with E-state index in [1.54, 1.807) is 24.3 Å². The number of nitrogens with zero attached hydrogens (tertiary/aromatic N) is 2. The molecule has 0 spiro atoms. The van der Waals surface area contributed by atoms with Gasteiger partial charge in [-0.15, -0.1) is 0 Å². The third-order valence-electron chi connectivity index (χ3n) is 6.72. The van der Waals surface area contributed by atoms with Crippen LogP contribution in [0.2, 0.25) is 20.1 Å². The molecule has 0 unspecified atom stereocenters. The lowest BCUT2D eigenvalue weighted by Gasteiger charge is -2.26. The van der Waals surface area contributed by atoms with Gasteiger partial charge in [-0.25, -0.2) is 9.79 Å². The van der Waals surface area contributed by atoms with Gasteiger partial charge in [-0.1, -0.05) is 75.9 Å². The number of thiazole rings is 1. The first-order valence-electron chi connectivity index (χ1n) is 13.3. The van der Waals surface area contributed by atoms with Gasteiger partial charge in [0.2, 0.25) is 0 Å². The second-order valence-corrected chi connectivity index (χ2v) is 12.4. The van der Waals surface area contributed by atoms with E-state index in [0.29, 0.717) is 37.5 Å². The molecule has 1 aliphatic rings. The monoisotopic (exact) mass is 730 g/mol. The summed E-state index contributed by atoms with van der Waals surface area (Å²) in [6.45, 7) is 1.31. The molecule has 3 aromatic carbocycles. The highest BCUT2D eigenvalue weighted by Crippen LogP contribution is 2.39. The van der Waals surface area contributed by atoms with E-state index in [9.17, 15) is 22.8 Å². The first-order valence-corrected chi connectivity index (χ1v) is 15.6. The Hall–Kier alpha value is -3.48. The summed E-state index contributed by atoms with van der Waals surface area (Å²) in [6.07, 6.45) is -3.60. The molecule has 46 heavy (non-hydrogen) atoms. The van der Waals surface area contributed by atoms with Crippen LogP contribution in [-0.4, -0.2) is 30.4 Å². The van der Waals surface area contributed by atoms with Gasteiger partial charge in [-0.3, -0.25) is 9.36 Å². The average molecular weight is 732 g/mol. The van der Waals surface area contributed by atoms with Crippen LogP contribution >= 0.6 is 57.7 Å². The molecule has 1 atom stereocenters. The lowest BCUT2D eigenvalue weighted by molar-refractivity contribution is -0.140. The minimum absolute atomic E-state index is 0.0177. The number of methoxy groups -OCH3 is 1. The molecule has 0 amide bonds. The van der Waals surface area contributed by atoms with Gasteiger partial charge in [-0.2, -0.15) is 13.2 Å². The summed E-state index contributed by atoms with van der Waals surface area (Å²) < 4.78 is 60.4. The topological polar surface area (TPSA) is 79.1 Å². The van der Waals surface area contributed by atoms with Gasteiger partial charge in [0.05, 0.1) is 34.9 Å². The van der Waals surface area contributed by atoms with Crippen molar-refractivity contribution in [2.75, 3.05) is 13.7 Å². The maximum Gasteiger partial charge on any atom is 0.434 e. The highest BCUT2D eigenvalue weighted by atomic mass is 35.5. The highest BCUT2D eigenvalue weighted by molar-refractivity contribution is 7.07. The SMILES string of the molecule is CCOC(=O)C1=C(C(F)(F)F)N=c2s/c(=C\c3cc(Cl)c(OCc4ccc(Cl)cc4Cl)c(OC)c3)c(=O)n2[C@H]1c1ccc(Cl)cc1. The van der Waals surface area contributed by atoms with E-state index < -0.39 is 35.0 Å². The zero-order chi connectivity index (χ0) is 33.3. The first-order chi connectivity index (χ1) is 21.8. The van der Waals surface area contributed by atoms with Gasteiger partial charge >= 0.3 is 12.1 Å². The van der Waals surface area contributed by atoms with Crippen LogP contribution in [0, 0.1) is 0 Å². The van der Waals surface area contributed by atoms with Crippen LogP contribution in [0.1, 0.15) is 29.7 Å². The van der Waals surface area contributed by atoms with E-state index in [4.69, 9.17) is 60.6 Å². The molecule has 5 rings (SSSR count). The number of rotatable bonds is 8. The number of carbonyl (C=O) groups excluding carboxylic acids is 1.